The predicted molar refractivity (Wildman–Crippen MR) is 85.7 cm³/mol. The normalized spacial score (nSPS) is 11.5. The summed E-state index contributed by atoms with van der Waals surface area (Å²) in [5, 5.41) is 9.75. The SMILES string of the molecule is COc1ccc2c(C(=O)O)cc(-c3ccccc3C(F)(F)F)nc2c1. The van der Waals surface area contributed by atoms with E-state index in [2.05, 4.69) is 4.98 Å². The summed E-state index contributed by atoms with van der Waals surface area (Å²) in [5.41, 5.74) is -1.000. The van der Waals surface area contributed by atoms with Gasteiger partial charge in [-0.25, -0.2) is 9.78 Å². The summed E-state index contributed by atoms with van der Waals surface area (Å²) >= 11 is 0. The van der Waals surface area contributed by atoms with Crippen molar-refractivity contribution < 1.29 is 27.8 Å². The van der Waals surface area contributed by atoms with Crippen LogP contribution < -0.4 is 4.74 Å². The molecule has 3 aromatic rings. The first-order valence-corrected chi connectivity index (χ1v) is 7.20. The Balaban J connectivity index is 2.33. The van der Waals surface area contributed by atoms with Crippen LogP contribution in [-0.2, 0) is 6.18 Å². The molecule has 0 saturated carbocycles. The second-order valence-corrected chi connectivity index (χ2v) is 5.29. The number of carboxylic acid groups (broad SMARTS) is 1. The van der Waals surface area contributed by atoms with E-state index in [1.807, 2.05) is 0 Å². The summed E-state index contributed by atoms with van der Waals surface area (Å²) in [5.74, 6) is -0.819. The zero-order valence-corrected chi connectivity index (χ0v) is 13.0. The molecule has 25 heavy (non-hydrogen) atoms. The summed E-state index contributed by atoms with van der Waals surface area (Å²) in [4.78, 5) is 15.8. The van der Waals surface area contributed by atoms with Gasteiger partial charge in [0, 0.05) is 17.0 Å². The summed E-state index contributed by atoms with van der Waals surface area (Å²) in [6.45, 7) is 0. The molecule has 1 heterocycles. The van der Waals surface area contributed by atoms with Gasteiger partial charge >= 0.3 is 12.1 Å². The number of carbonyl (C=O) groups is 1. The first-order valence-electron chi connectivity index (χ1n) is 7.20. The minimum Gasteiger partial charge on any atom is -0.497 e. The average molecular weight is 347 g/mol. The number of carboxylic acids is 1. The van der Waals surface area contributed by atoms with E-state index in [1.165, 1.54) is 37.4 Å². The van der Waals surface area contributed by atoms with Gasteiger partial charge in [0.15, 0.2) is 0 Å². The third kappa shape index (κ3) is 3.13. The summed E-state index contributed by atoms with van der Waals surface area (Å²) in [6.07, 6.45) is -4.58. The van der Waals surface area contributed by atoms with Crippen LogP contribution in [0.25, 0.3) is 22.2 Å². The summed E-state index contributed by atoms with van der Waals surface area (Å²) in [6, 6.07) is 10.7. The maximum Gasteiger partial charge on any atom is 0.417 e. The molecule has 0 fully saturated rings. The van der Waals surface area contributed by atoms with E-state index in [9.17, 15) is 23.1 Å². The molecule has 1 N–H and O–H groups in total. The first-order chi connectivity index (χ1) is 11.8. The molecule has 0 aliphatic carbocycles. The van der Waals surface area contributed by atoms with Crippen molar-refractivity contribution in [2.45, 2.75) is 6.18 Å². The molecule has 3 rings (SSSR count). The minimum absolute atomic E-state index is 0.0638. The molecule has 4 nitrogen and oxygen atoms in total. The second kappa shape index (κ2) is 6.08. The molecule has 7 heteroatoms. The predicted octanol–water partition coefficient (Wildman–Crippen LogP) is 4.63. The van der Waals surface area contributed by atoms with Gasteiger partial charge in [-0.1, -0.05) is 18.2 Å². The maximum absolute atomic E-state index is 13.3. The lowest BCUT2D eigenvalue weighted by atomic mass is 10.00. The van der Waals surface area contributed by atoms with E-state index in [-0.39, 0.29) is 22.3 Å². The molecule has 2 aromatic carbocycles. The molecule has 0 saturated heterocycles. The molecule has 0 aliphatic heterocycles. The van der Waals surface area contributed by atoms with Crippen LogP contribution in [0.2, 0.25) is 0 Å². The van der Waals surface area contributed by atoms with E-state index in [1.54, 1.807) is 6.07 Å². The van der Waals surface area contributed by atoms with E-state index in [0.717, 1.165) is 12.1 Å². The van der Waals surface area contributed by atoms with Crippen LogP contribution in [0.5, 0.6) is 5.75 Å². The van der Waals surface area contributed by atoms with Crippen molar-refractivity contribution in [1.82, 2.24) is 4.98 Å². The molecule has 0 unspecified atom stereocenters. The van der Waals surface area contributed by atoms with Crippen molar-refractivity contribution in [3.8, 4) is 17.0 Å². The van der Waals surface area contributed by atoms with Crippen LogP contribution in [0.15, 0.2) is 48.5 Å². The number of ether oxygens (including phenoxy) is 1. The Bertz CT molecular complexity index is 967. The number of rotatable bonds is 3. The Morgan fingerprint density at radius 2 is 1.84 bits per heavy atom. The topological polar surface area (TPSA) is 59.4 Å². The van der Waals surface area contributed by atoms with Crippen molar-refractivity contribution in [2.24, 2.45) is 0 Å². The van der Waals surface area contributed by atoms with Crippen LogP contribution in [0.4, 0.5) is 13.2 Å². The number of nitrogens with zero attached hydrogens (tertiary/aromatic N) is 1. The number of halogens is 3. The number of aromatic nitrogens is 1. The highest BCUT2D eigenvalue weighted by Crippen LogP contribution is 2.37. The molecule has 1 aromatic heterocycles. The molecule has 0 aliphatic rings. The van der Waals surface area contributed by atoms with Crippen molar-refractivity contribution in [2.75, 3.05) is 7.11 Å². The molecule has 0 amide bonds. The number of benzene rings is 2. The number of alkyl halides is 3. The molecular weight excluding hydrogens is 335 g/mol. The maximum atomic E-state index is 13.3. The fraction of sp³-hybridized carbons (Fsp3) is 0.111. The van der Waals surface area contributed by atoms with Crippen molar-refractivity contribution >= 4 is 16.9 Å². The second-order valence-electron chi connectivity index (χ2n) is 5.29. The Hall–Kier alpha value is -3.09. The fourth-order valence-electron chi connectivity index (χ4n) is 2.60. The number of fused-ring (bicyclic) bond motifs is 1. The van der Waals surface area contributed by atoms with E-state index in [0.29, 0.717) is 11.1 Å². The molecule has 0 radical (unpaired) electrons. The largest absolute Gasteiger partial charge is 0.497 e. The van der Waals surface area contributed by atoms with Gasteiger partial charge in [-0.05, 0) is 24.3 Å². The van der Waals surface area contributed by atoms with E-state index < -0.39 is 17.7 Å². The Labute approximate surface area is 140 Å². The lowest BCUT2D eigenvalue weighted by molar-refractivity contribution is -0.137. The third-order valence-corrected chi connectivity index (χ3v) is 3.76. The van der Waals surface area contributed by atoms with Gasteiger partial charge in [-0.2, -0.15) is 13.2 Å². The fourth-order valence-corrected chi connectivity index (χ4v) is 2.60. The van der Waals surface area contributed by atoms with Crippen LogP contribution in [-0.4, -0.2) is 23.2 Å². The monoisotopic (exact) mass is 347 g/mol. The number of aromatic carboxylic acids is 1. The van der Waals surface area contributed by atoms with Crippen LogP contribution in [0, 0.1) is 0 Å². The smallest absolute Gasteiger partial charge is 0.417 e. The molecule has 0 bridgehead atoms. The quantitative estimate of drug-likeness (QED) is 0.751. The Morgan fingerprint density at radius 1 is 1.12 bits per heavy atom. The highest BCUT2D eigenvalue weighted by atomic mass is 19.4. The lowest BCUT2D eigenvalue weighted by Gasteiger charge is -2.14. The molecular formula is C18H12F3NO3. The molecule has 128 valence electrons. The third-order valence-electron chi connectivity index (χ3n) is 3.76. The highest BCUT2D eigenvalue weighted by Gasteiger charge is 2.34. The lowest BCUT2D eigenvalue weighted by Crippen LogP contribution is -2.08. The zero-order valence-electron chi connectivity index (χ0n) is 13.0. The standard InChI is InChI=1S/C18H12F3NO3/c1-25-10-6-7-11-13(17(23)24)9-16(22-15(11)8-10)12-4-2-3-5-14(12)18(19,20)21/h2-9H,1H3,(H,23,24). The minimum atomic E-state index is -4.58. The Morgan fingerprint density at radius 3 is 2.48 bits per heavy atom. The molecule has 0 spiro atoms. The molecule has 0 atom stereocenters. The van der Waals surface area contributed by atoms with Gasteiger partial charge in [-0.15, -0.1) is 0 Å². The van der Waals surface area contributed by atoms with Crippen LogP contribution in [0.1, 0.15) is 15.9 Å². The number of methoxy groups -OCH3 is 1. The van der Waals surface area contributed by atoms with Gasteiger partial charge in [0.1, 0.15) is 5.75 Å². The van der Waals surface area contributed by atoms with Gasteiger partial charge < -0.3 is 9.84 Å². The zero-order chi connectivity index (χ0) is 18.2. The Kier molecular flexibility index (Phi) is 4.08. The van der Waals surface area contributed by atoms with Gasteiger partial charge in [0.2, 0.25) is 0 Å². The highest BCUT2D eigenvalue weighted by molar-refractivity contribution is 6.04. The summed E-state index contributed by atoms with van der Waals surface area (Å²) in [7, 11) is 1.43. The van der Waals surface area contributed by atoms with Crippen LogP contribution in [0.3, 0.4) is 0 Å². The van der Waals surface area contributed by atoms with Gasteiger partial charge in [-0.3, -0.25) is 0 Å². The number of pyridine rings is 1. The van der Waals surface area contributed by atoms with Gasteiger partial charge in [0.05, 0.1) is 29.4 Å². The van der Waals surface area contributed by atoms with Crippen molar-refractivity contribution in [3.05, 3.63) is 59.7 Å². The number of hydrogen-bond donors (Lipinski definition) is 1. The summed E-state index contributed by atoms with van der Waals surface area (Å²) < 4.78 is 44.9. The van der Waals surface area contributed by atoms with Crippen molar-refractivity contribution in [3.63, 3.8) is 0 Å². The van der Waals surface area contributed by atoms with Gasteiger partial charge in [0.25, 0.3) is 0 Å². The number of hydrogen-bond acceptors (Lipinski definition) is 3. The average Bonchev–Trinajstić information content (AvgIpc) is 2.59. The van der Waals surface area contributed by atoms with E-state index in [4.69, 9.17) is 4.74 Å². The van der Waals surface area contributed by atoms with E-state index >= 15 is 0 Å². The van der Waals surface area contributed by atoms with Crippen molar-refractivity contribution in [1.29, 1.82) is 0 Å². The van der Waals surface area contributed by atoms with Crippen LogP contribution >= 0.6 is 0 Å². The first kappa shape index (κ1) is 16.8.